The molecule has 2 atom stereocenters. The molecule has 0 spiro atoms. The number of nitrogens with two attached hydrogens (primary N) is 2. The Morgan fingerprint density at radius 3 is 2.64 bits per heavy atom. The third kappa shape index (κ3) is 1.88. The van der Waals surface area contributed by atoms with Crippen molar-refractivity contribution in [2.24, 2.45) is 18.8 Å². The van der Waals surface area contributed by atoms with Crippen molar-refractivity contribution in [3.8, 4) is 0 Å². The van der Waals surface area contributed by atoms with E-state index in [4.69, 9.17) is 11.6 Å². The zero-order chi connectivity index (χ0) is 10.7. The standard InChI is InChI=1S/C9H19N5/c1-4-6(2)8(13-11)7-5-12-14(3)9(7)10/h5-6,8,13H,4,10-11H2,1-3H3. The zero-order valence-electron chi connectivity index (χ0n) is 8.99. The molecule has 1 rings (SSSR count). The molecule has 0 amide bonds. The van der Waals surface area contributed by atoms with Gasteiger partial charge in [-0.15, -0.1) is 0 Å². The highest BCUT2D eigenvalue weighted by molar-refractivity contribution is 5.40. The highest BCUT2D eigenvalue weighted by Gasteiger charge is 2.20. The number of rotatable bonds is 4. The van der Waals surface area contributed by atoms with Crippen LogP contribution in [0.3, 0.4) is 0 Å². The molecule has 80 valence electrons. The summed E-state index contributed by atoms with van der Waals surface area (Å²) in [6, 6.07) is 0.0775. The van der Waals surface area contributed by atoms with Gasteiger partial charge in [0.25, 0.3) is 0 Å². The van der Waals surface area contributed by atoms with Crippen LogP contribution in [0, 0.1) is 5.92 Å². The molecular weight excluding hydrogens is 178 g/mol. The maximum absolute atomic E-state index is 5.88. The largest absolute Gasteiger partial charge is 0.384 e. The molecule has 14 heavy (non-hydrogen) atoms. The van der Waals surface area contributed by atoms with E-state index in [1.54, 1.807) is 10.9 Å². The van der Waals surface area contributed by atoms with Gasteiger partial charge in [-0.05, 0) is 5.92 Å². The van der Waals surface area contributed by atoms with Crippen molar-refractivity contribution in [3.05, 3.63) is 11.8 Å². The Hall–Kier alpha value is -1.07. The maximum atomic E-state index is 5.88. The number of nitrogens with one attached hydrogen (secondary N) is 1. The lowest BCUT2D eigenvalue weighted by Crippen LogP contribution is -2.32. The van der Waals surface area contributed by atoms with Crippen LogP contribution in [0.5, 0.6) is 0 Å². The fourth-order valence-electron chi connectivity index (χ4n) is 1.50. The SMILES string of the molecule is CCC(C)C(NN)c1cnn(C)c1N. The van der Waals surface area contributed by atoms with Gasteiger partial charge in [-0.3, -0.25) is 16.0 Å². The Balaban J connectivity index is 2.94. The summed E-state index contributed by atoms with van der Waals surface area (Å²) >= 11 is 0. The van der Waals surface area contributed by atoms with Crippen molar-refractivity contribution in [2.75, 3.05) is 5.73 Å². The topological polar surface area (TPSA) is 81.9 Å². The van der Waals surface area contributed by atoms with E-state index in [9.17, 15) is 0 Å². The molecule has 1 heterocycles. The van der Waals surface area contributed by atoms with Crippen molar-refractivity contribution in [3.63, 3.8) is 0 Å². The first-order valence-electron chi connectivity index (χ1n) is 4.85. The summed E-state index contributed by atoms with van der Waals surface area (Å²) in [7, 11) is 1.82. The lowest BCUT2D eigenvalue weighted by Gasteiger charge is -2.21. The fourth-order valence-corrected chi connectivity index (χ4v) is 1.50. The van der Waals surface area contributed by atoms with Gasteiger partial charge in [-0.1, -0.05) is 20.3 Å². The number of aromatic nitrogens is 2. The van der Waals surface area contributed by atoms with Crippen LogP contribution in [0.4, 0.5) is 5.82 Å². The highest BCUT2D eigenvalue weighted by atomic mass is 15.3. The predicted octanol–water partition coefficient (Wildman–Crippen LogP) is 0.553. The second-order valence-corrected chi connectivity index (χ2v) is 3.64. The number of nitrogen functional groups attached to an aromatic ring is 1. The molecule has 0 aliphatic heterocycles. The van der Waals surface area contributed by atoms with E-state index in [0.29, 0.717) is 11.7 Å². The zero-order valence-corrected chi connectivity index (χ0v) is 8.99. The first kappa shape index (κ1) is 11.0. The van der Waals surface area contributed by atoms with E-state index in [-0.39, 0.29) is 6.04 Å². The summed E-state index contributed by atoms with van der Waals surface area (Å²) in [6.45, 7) is 4.26. The molecule has 0 aliphatic carbocycles. The van der Waals surface area contributed by atoms with Crippen molar-refractivity contribution in [1.82, 2.24) is 15.2 Å². The van der Waals surface area contributed by atoms with Crippen LogP contribution in [-0.2, 0) is 7.05 Å². The third-order valence-electron chi connectivity index (χ3n) is 2.74. The van der Waals surface area contributed by atoms with E-state index in [0.717, 1.165) is 12.0 Å². The van der Waals surface area contributed by atoms with E-state index in [1.807, 2.05) is 7.05 Å². The lowest BCUT2D eigenvalue weighted by molar-refractivity contribution is 0.384. The molecule has 5 nitrogen and oxygen atoms in total. The minimum absolute atomic E-state index is 0.0775. The lowest BCUT2D eigenvalue weighted by atomic mass is 9.94. The van der Waals surface area contributed by atoms with Crippen LogP contribution in [0.2, 0.25) is 0 Å². The summed E-state index contributed by atoms with van der Waals surface area (Å²) < 4.78 is 1.65. The first-order valence-corrected chi connectivity index (χ1v) is 4.85. The quantitative estimate of drug-likeness (QED) is 0.486. The summed E-state index contributed by atoms with van der Waals surface area (Å²) in [6.07, 6.45) is 2.81. The summed E-state index contributed by atoms with van der Waals surface area (Å²) in [4.78, 5) is 0. The Morgan fingerprint density at radius 1 is 1.64 bits per heavy atom. The fraction of sp³-hybridized carbons (Fsp3) is 0.667. The first-order chi connectivity index (χ1) is 6.61. The van der Waals surface area contributed by atoms with Crippen LogP contribution in [0.25, 0.3) is 0 Å². The molecule has 1 aromatic rings. The van der Waals surface area contributed by atoms with E-state index in [1.165, 1.54) is 0 Å². The van der Waals surface area contributed by atoms with E-state index < -0.39 is 0 Å². The molecule has 0 aromatic carbocycles. The molecule has 0 saturated heterocycles. The number of aryl methyl sites for hydroxylation is 1. The van der Waals surface area contributed by atoms with Crippen LogP contribution in [0.1, 0.15) is 31.9 Å². The van der Waals surface area contributed by atoms with Gasteiger partial charge >= 0.3 is 0 Å². The molecule has 1 aromatic heterocycles. The van der Waals surface area contributed by atoms with Crippen molar-refractivity contribution < 1.29 is 0 Å². The van der Waals surface area contributed by atoms with E-state index >= 15 is 0 Å². The molecule has 0 bridgehead atoms. The molecule has 0 aliphatic rings. The van der Waals surface area contributed by atoms with E-state index in [2.05, 4.69) is 24.4 Å². The van der Waals surface area contributed by atoms with Gasteiger partial charge in [0, 0.05) is 12.6 Å². The van der Waals surface area contributed by atoms with Crippen molar-refractivity contribution >= 4 is 5.82 Å². The summed E-state index contributed by atoms with van der Waals surface area (Å²) in [5.74, 6) is 6.63. The average molecular weight is 197 g/mol. The number of hydrogen-bond acceptors (Lipinski definition) is 4. The van der Waals surface area contributed by atoms with Gasteiger partial charge in [0.15, 0.2) is 0 Å². The Kier molecular flexibility index (Phi) is 3.49. The van der Waals surface area contributed by atoms with Crippen molar-refractivity contribution in [2.45, 2.75) is 26.3 Å². The minimum Gasteiger partial charge on any atom is -0.384 e. The van der Waals surface area contributed by atoms with Crippen LogP contribution in [0.15, 0.2) is 6.20 Å². The average Bonchev–Trinajstić information content (AvgIpc) is 2.50. The Labute approximate surface area is 84.4 Å². The second-order valence-electron chi connectivity index (χ2n) is 3.64. The van der Waals surface area contributed by atoms with Crippen molar-refractivity contribution in [1.29, 1.82) is 0 Å². The van der Waals surface area contributed by atoms with Gasteiger partial charge in [-0.2, -0.15) is 5.10 Å². The van der Waals surface area contributed by atoms with Crippen LogP contribution in [-0.4, -0.2) is 9.78 Å². The monoisotopic (exact) mass is 197 g/mol. The number of hydrogen-bond donors (Lipinski definition) is 3. The highest BCUT2D eigenvalue weighted by Crippen LogP contribution is 2.27. The Bertz CT molecular complexity index is 293. The summed E-state index contributed by atoms with van der Waals surface area (Å²) in [5, 5.41) is 4.10. The molecule has 0 fully saturated rings. The van der Waals surface area contributed by atoms with Gasteiger partial charge in [0.1, 0.15) is 5.82 Å². The molecular formula is C9H19N5. The molecule has 5 heteroatoms. The molecule has 0 radical (unpaired) electrons. The Morgan fingerprint density at radius 2 is 2.29 bits per heavy atom. The van der Waals surface area contributed by atoms with Gasteiger partial charge < -0.3 is 5.73 Å². The molecule has 5 N–H and O–H groups in total. The molecule has 2 unspecified atom stereocenters. The number of hydrazine groups is 1. The second kappa shape index (κ2) is 4.43. The maximum Gasteiger partial charge on any atom is 0.126 e. The number of anilines is 1. The third-order valence-corrected chi connectivity index (χ3v) is 2.74. The van der Waals surface area contributed by atoms with Crippen LogP contribution < -0.4 is 17.0 Å². The minimum atomic E-state index is 0.0775. The number of nitrogens with zero attached hydrogens (tertiary/aromatic N) is 2. The molecule has 0 saturated carbocycles. The summed E-state index contributed by atoms with van der Waals surface area (Å²) in [5.41, 5.74) is 9.64. The normalized spacial score (nSPS) is 15.4. The van der Waals surface area contributed by atoms with Gasteiger partial charge in [0.05, 0.1) is 12.2 Å². The van der Waals surface area contributed by atoms with Crippen LogP contribution >= 0.6 is 0 Å². The smallest absolute Gasteiger partial charge is 0.126 e. The van der Waals surface area contributed by atoms with Gasteiger partial charge in [0.2, 0.25) is 0 Å². The predicted molar refractivity (Wildman–Crippen MR) is 57.1 cm³/mol. The van der Waals surface area contributed by atoms with Gasteiger partial charge in [-0.25, -0.2) is 0 Å².